The molecule has 1 saturated carbocycles. The van der Waals surface area contributed by atoms with Gasteiger partial charge in [-0.05, 0) is 98.1 Å². The second kappa shape index (κ2) is 12.4. The van der Waals surface area contributed by atoms with Gasteiger partial charge in [0.05, 0.1) is 12.7 Å². The van der Waals surface area contributed by atoms with Crippen LogP contribution in [0.4, 0.5) is 0 Å². The van der Waals surface area contributed by atoms with Crippen molar-refractivity contribution in [3.8, 4) is 11.5 Å². The highest BCUT2D eigenvalue weighted by Gasteiger charge is 2.43. The van der Waals surface area contributed by atoms with Gasteiger partial charge in [-0.1, -0.05) is 44.0 Å². The predicted molar refractivity (Wildman–Crippen MR) is 162 cm³/mol. The molecule has 218 valence electrons. The van der Waals surface area contributed by atoms with Gasteiger partial charge < -0.3 is 19.2 Å². The van der Waals surface area contributed by atoms with Gasteiger partial charge in [-0.15, -0.1) is 0 Å². The van der Waals surface area contributed by atoms with Crippen molar-refractivity contribution >= 4 is 43.4 Å². The van der Waals surface area contributed by atoms with Crippen LogP contribution in [-0.2, 0) is 14.0 Å². The van der Waals surface area contributed by atoms with Gasteiger partial charge in [0.25, 0.3) is 0 Å². The normalized spacial score (nSPS) is 22.5. The van der Waals surface area contributed by atoms with E-state index in [2.05, 4.69) is 39.2 Å². The fraction of sp³-hybridized carbons (Fsp3) is 0.548. The van der Waals surface area contributed by atoms with Gasteiger partial charge in [-0.2, -0.15) is 0 Å². The molecule has 2 aromatic carbocycles. The number of rotatable bonds is 8. The molecule has 9 heteroatoms. The maximum atomic E-state index is 12.9. The van der Waals surface area contributed by atoms with E-state index in [9.17, 15) is 9.59 Å². The Hall–Kier alpha value is -2.06. The van der Waals surface area contributed by atoms with Crippen molar-refractivity contribution in [3.05, 3.63) is 57.6 Å². The molecule has 40 heavy (non-hydrogen) atoms. The number of ether oxygens (including phenoxy) is 2. The first kappa shape index (κ1) is 30.9. The third-order valence-corrected chi connectivity index (χ3v) is 14.1. The molecule has 1 heterocycles. The summed E-state index contributed by atoms with van der Waals surface area (Å²) in [6.45, 7) is 12.1. The molecule has 2 aromatic rings. The van der Waals surface area contributed by atoms with Crippen LogP contribution in [0.1, 0.15) is 74.7 Å². The van der Waals surface area contributed by atoms with Crippen molar-refractivity contribution in [2.24, 2.45) is 11.8 Å². The second-order valence-electron chi connectivity index (χ2n) is 12.5. The third kappa shape index (κ3) is 6.86. The highest BCUT2D eigenvalue weighted by molar-refractivity contribution is 6.74. The smallest absolute Gasteiger partial charge is 0.337 e. The van der Waals surface area contributed by atoms with E-state index in [1.54, 1.807) is 36.4 Å². The van der Waals surface area contributed by atoms with Gasteiger partial charge in [0.1, 0.15) is 11.5 Å². The van der Waals surface area contributed by atoms with Crippen molar-refractivity contribution in [1.82, 2.24) is 5.32 Å². The van der Waals surface area contributed by atoms with E-state index in [0.29, 0.717) is 33.7 Å². The Kier molecular flexibility index (Phi) is 9.60. The quantitative estimate of drug-likeness (QED) is 0.241. The van der Waals surface area contributed by atoms with Crippen molar-refractivity contribution < 1.29 is 23.5 Å². The molecular weight excluding hydrogens is 565 g/mol. The summed E-state index contributed by atoms with van der Waals surface area (Å²) in [6.07, 6.45) is 4.89. The lowest BCUT2D eigenvalue weighted by molar-refractivity contribution is -0.123. The summed E-state index contributed by atoms with van der Waals surface area (Å²) in [5, 5.41) is 4.18. The summed E-state index contributed by atoms with van der Waals surface area (Å²) in [6, 6.07) is 10.2. The van der Waals surface area contributed by atoms with Crippen LogP contribution in [0.25, 0.3) is 0 Å². The minimum absolute atomic E-state index is 0.0720. The van der Waals surface area contributed by atoms with E-state index >= 15 is 0 Å². The molecule has 2 fully saturated rings. The molecule has 1 saturated heterocycles. The van der Waals surface area contributed by atoms with Gasteiger partial charge in [0.2, 0.25) is 5.91 Å². The number of halogens is 2. The largest absolute Gasteiger partial charge is 0.465 e. The van der Waals surface area contributed by atoms with Gasteiger partial charge in [0.15, 0.2) is 8.32 Å². The molecular formula is C31H41Cl2NO5Si. The molecule has 1 N–H and O–H groups in total. The number of carbonyl (C=O) groups is 2. The van der Waals surface area contributed by atoms with Crippen molar-refractivity contribution in [1.29, 1.82) is 0 Å². The van der Waals surface area contributed by atoms with Crippen LogP contribution in [0.15, 0.2) is 36.4 Å². The Bertz CT molecular complexity index is 1200. The molecule has 4 rings (SSSR count). The monoisotopic (exact) mass is 605 g/mol. The molecule has 1 amide bonds. The molecule has 2 aliphatic rings. The number of carbonyl (C=O) groups excluding carboxylic acids is 2. The predicted octanol–water partition coefficient (Wildman–Crippen LogP) is 8.37. The Morgan fingerprint density at radius 3 is 2.08 bits per heavy atom. The molecule has 0 radical (unpaired) electrons. The maximum absolute atomic E-state index is 12.9. The Morgan fingerprint density at radius 2 is 1.57 bits per heavy atom. The molecule has 6 nitrogen and oxygen atoms in total. The molecule has 2 atom stereocenters. The number of methoxy groups -OCH3 is 1. The van der Waals surface area contributed by atoms with Crippen molar-refractivity contribution in [2.75, 3.05) is 13.7 Å². The lowest BCUT2D eigenvalue weighted by Gasteiger charge is -2.43. The van der Waals surface area contributed by atoms with E-state index in [1.807, 2.05) is 0 Å². The number of amides is 1. The second-order valence-corrected chi connectivity index (χ2v) is 18.1. The highest BCUT2D eigenvalue weighted by atomic mass is 35.5. The first-order chi connectivity index (χ1) is 18.8. The first-order valence-corrected chi connectivity index (χ1v) is 17.8. The molecule has 0 spiro atoms. The number of hydrogen-bond donors (Lipinski definition) is 1. The van der Waals surface area contributed by atoms with E-state index in [4.69, 9.17) is 37.1 Å². The number of esters is 1. The summed E-state index contributed by atoms with van der Waals surface area (Å²) in [7, 11) is -0.510. The number of benzene rings is 2. The van der Waals surface area contributed by atoms with E-state index in [-0.39, 0.29) is 34.8 Å². The third-order valence-electron chi connectivity index (χ3n) is 8.92. The van der Waals surface area contributed by atoms with Gasteiger partial charge >= 0.3 is 5.97 Å². The van der Waals surface area contributed by atoms with Gasteiger partial charge in [-0.3, -0.25) is 4.79 Å². The molecule has 2 unspecified atom stereocenters. The molecule has 1 aliphatic heterocycles. The lowest BCUT2D eigenvalue weighted by Crippen LogP contribution is -2.45. The zero-order valence-electron chi connectivity index (χ0n) is 24.3. The minimum atomic E-state index is -1.85. The van der Waals surface area contributed by atoms with Crippen LogP contribution < -0.4 is 10.1 Å². The number of nitrogens with one attached hydrogen (secondary N) is 1. The van der Waals surface area contributed by atoms with Crippen LogP contribution in [0.2, 0.25) is 28.2 Å². The summed E-state index contributed by atoms with van der Waals surface area (Å²) >= 11 is 13.8. The SMILES string of the molecule is COC(=O)c1ccc(Oc2cc(Cl)c(C(C3CCC(O[Si](C)(C)C(C)(C)C)CC3)C3CCNC3=O)c(Cl)c2)cc1. The lowest BCUT2D eigenvalue weighted by atomic mass is 9.70. The average Bonchev–Trinajstić information content (AvgIpc) is 3.31. The molecule has 0 bridgehead atoms. The highest BCUT2D eigenvalue weighted by Crippen LogP contribution is 2.49. The van der Waals surface area contributed by atoms with Gasteiger partial charge in [-0.25, -0.2) is 4.79 Å². The molecule has 1 aliphatic carbocycles. The summed E-state index contributed by atoms with van der Waals surface area (Å²) in [5.74, 6) is 0.721. The van der Waals surface area contributed by atoms with Gasteiger partial charge in [0, 0.05) is 34.5 Å². The Morgan fingerprint density at radius 1 is 0.975 bits per heavy atom. The van der Waals surface area contributed by atoms with E-state index < -0.39 is 14.3 Å². The topological polar surface area (TPSA) is 73.9 Å². The summed E-state index contributed by atoms with van der Waals surface area (Å²) in [5.41, 5.74) is 1.26. The van der Waals surface area contributed by atoms with Crippen LogP contribution in [0, 0.1) is 11.8 Å². The van der Waals surface area contributed by atoms with Crippen LogP contribution in [0.5, 0.6) is 11.5 Å². The summed E-state index contributed by atoms with van der Waals surface area (Å²) < 4.78 is 17.5. The Labute approximate surface area is 249 Å². The van der Waals surface area contributed by atoms with Crippen molar-refractivity contribution in [3.63, 3.8) is 0 Å². The first-order valence-electron chi connectivity index (χ1n) is 14.1. The van der Waals surface area contributed by atoms with E-state index in [0.717, 1.165) is 37.7 Å². The average molecular weight is 607 g/mol. The maximum Gasteiger partial charge on any atom is 0.337 e. The molecule has 0 aromatic heterocycles. The zero-order chi connectivity index (χ0) is 29.2. The van der Waals surface area contributed by atoms with Crippen molar-refractivity contribution in [2.45, 2.75) is 83.0 Å². The number of hydrogen-bond acceptors (Lipinski definition) is 5. The van der Waals surface area contributed by atoms with Crippen LogP contribution in [-0.4, -0.2) is 40.0 Å². The van der Waals surface area contributed by atoms with E-state index in [1.165, 1.54) is 7.11 Å². The zero-order valence-corrected chi connectivity index (χ0v) is 26.8. The van der Waals surface area contributed by atoms with Crippen LogP contribution >= 0.6 is 23.2 Å². The Balaban J connectivity index is 1.55. The summed E-state index contributed by atoms with van der Waals surface area (Å²) in [4.78, 5) is 24.7. The standard InChI is InChI=1S/C31H41Cl2NO5Si/c1-31(2,3)40(5,6)39-22-13-7-19(8-14-22)27(24-15-16-34-29(24)35)28-25(32)17-23(18-26(28)33)38-21-11-9-20(10-12-21)30(36)37-4/h9-12,17-19,22,24,27H,7-8,13-16H2,1-6H3,(H,34,35). The minimum Gasteiger partial charge on any atom is -0.465 e. The fourth-order valence-corrected chi connectivity index (χ4v) is 7.87. The van der Waals surface area contributed by atoms with Crippen LogP contribution in [0.3, 0.4) is 0 Å². The fourth-order valence-electron chi connectivity index (χ4n) is 5.73.